The molecule has 10 aromatic heterocycles. The Kier molecular flexibility index (Phi) is 34.7. The Bertz CT molecular complexity index is 5710. The molecule has 0 unspecified atom stereocenters. The van der Waals surface area contributed by atoms with Gasteiger partial charge in [-0.15, -0.1) is 10.2 Å². The van der Waals surface area contributed by atoms with Crippen LogP contribution < -0.4 is 18.9 Å². The standard InChI is InChI=1S/4C26H27N3O4/c1-19-27-28-26(21-14-12-20(13-15-21)23-10-7-17-33-23)29(19)18-22-8-4-5-9-24(22)32-16-6-2-3-11-25(30)31;1-19-27-26(21-14-12-20(13-15-21)23-10-7-17-33-23)29(28-19)18-22-8-4-5-9-24(22)32-16-6-2-3-11-25(30)31;1-19-17-29(26(28-19)22-13-12-20(16-27-22)23-10-7-15-33-23)18-21-8-4-5-9-24(21)32-14-6-2-3-11-25(30)31;1-19-16-28-26(22-13-12-20(17-27-22)23-10-7-15-33-23)29(19)18-21-8-4-5-9-24(21)32-14-6-2-3-11-25(30)31/h2*4-5,7-10,12-15,17H,2-3,6,11,16,18H2,1H3,(H,30,31);2*4-5,7-10,12-13,15-17H,2-3,6,11,14,18H2,1H3,(H,30,31). The van der Waals surface area contributed by atoms with Crippen LogP contribution in [0.25, 0.3) is 91.1 Å². The van der Waals surface area contributed by atoms with Crippen LogP contribution in [-0.2, 0) is 45.4 Å². The van der Waals surface area contributed by atoms with Gasteiger partial charge in [0.05, 0.1) is 83.4 Å². The normalized spacial score (nSPS) is 10.9. The first-order valence-corrected chi connectivity index (χ1v) is 44.3. The molecular formula is C104H108N12O16. The van der Waals surface area contributed by atoms with Gasteiger partial charge in [0, 0.05) is 112 Å². The van der Waals surface area contributed by atoms with Gasteiger partial charge in [-0.3, -0.25) is 29.1 Å². The monoisotopic (exact) mass is 1780 g/mol. The van der Waals surface area contributed by atoms with E-state index in [9.17, 15) is 19.2 Å². The number of aromatic nitrogens is 12. The summed E-state index contributed by atoms with van der Waals surface area (Å²) in [5, 5.41) is 48.3. The Hall–Kier alpha value is -15.5. The van der Waals surface area contributed by atoms with E-state index in [1.165, 1.54) is 0 Å². The number of nitrogens with zero attached hydrogens (tertiary/aromatic N) is 12. The summed E-state index contributed by atoms with van der Waals surface area (Å²) in [6, 6.07) is 71.0. The number of carboxylic acids is 4. The number of furan rings is 4. The van der Waals surface area contributed by atoms with E-state index in [4.69, 9.17) is 62.0 Å². The number of aliphatic carboxylic acids is 4. The fourth-order valence-corrected chi connectivity index (χ4v) is 14.7. The number of carbonyl (C=O) groups is 4. The number of pyridine rings is 2. The molecule has 0 aliphatic heterocycles. The Balaban J connectivity index is 0.000000150. The van der Waals surface area contributed by atoms with Gasteiger partial charge in [-0.1, -0.05) is 121 Å². The quantitative estimate of drug-likeness (QED) is 0.0258. The number of aryl methyl sites for hydroxylation is 4. The average Bonchev–Trinajstić information content (AvgIpc) is 1.65. The largest absolute Gasteiger partial charge is 0.493 e. The molecule has 0 aliphatic carbocycles. The van der Waals surface area contributed by atoms with Gasteiger partial charge in [0.25, 0.3) is 0 Å². The molecule has 0 bridgehead atoms. The molecule has 16 aromatic rings. The van der Waals surface area contributed by atoms with E-state index in [0.29, 0.717) is 84.1 Å². The number of hydrogen-bond acceptors (Lipinski definition) is 20. The lowest BCUT2D eigenvalue weighted by atomic mass is 10.1. The summed E-state index contributed by atoms with van der Waals surface area (Å²) in [7, 11) is 0. The van der Waals surface area contributed by atoms with Gasteiger partial charge in [-0.25, -0.2) is 19.6 Å². The third-order valence-electron chi connectivity index (χ3n) is 21.5. The van der Waals surface area contributed by atoms with Crippen LogP contribution >= 0.6 is 0 Å². The Morgan fingerprint density at radius 1 is 0.326 bits per heavy atom. The van der Waals surface area contributed by atoms with Crippen molar-refractivity contribution in [1.29, 1.82) is 0 Å². The molecule has 0 radical (unpaired) electrons. The lowest BCUT2D eigenvalue weighted by molar-refractivity contribution is -0.138. The SMILES string of the molecule is Cc1cn(Cc2ccccc2OCCCCCC(=O)O)c(-c2ccc(-c3ccco3)cn2)n1.Cc1cnc(-c2ccc(-c3ccco3)cn2)n1Cc1ccccc1OCCCCCC(=O)O.Cc1nc(-c2ccc(-c3ccco3)cc2)n(Cc2ccccc2OCCCCCC(=O)O)n1.Cc1nnc(-c2ccc(-c3ccco3)cc2)n1Cc1ccccc1OCCCCCC(=O)O. The molecule has 0 aliphatic rings. The van der Waals surface area contributed by atoms with Crippen LogP contribution in [0, 0.1) is 27.7 Å². The first-order chi connectivity index (χ1) is 64.4. The minimum atomic E-state index is -0.754. The molecule has 10 heterocycles. The van der Waals surface area contributed by atoms with Gasteiger partial charge in [0.1, 0.15) is 69.1 Å². The molecule has 0 saturated heterocycles. The van der Waals surface area contributed by atoms with Crippen LogP contribution in [0.3, 0.4) is 0 Å². The number of carboxylic acid groups (broad SMARTS) is 4. The van der Waals surface area contributed by atoms with Crippen LogP contribution in [0.2, 0.25) is 0 Å². The maximum absolute atomic E-state index is 10.6. The number of ether oxygens (including phenoxy) is 4. The minimum Gasteiger partial charge on any atom is -0.493 e. The first kappa shape index (κ1) is 94.1. The highest BCUT2D eigenvalue weighted by Crippen LogP contribution is 2.34. The molecule has 0 amide bonds. The fourth-order valence-electron chi connectivity index (χ4n) is 14.7. The van der Waals surface area contributed by atoms with Gasteiger partial charge < -0.3 is 70.7 Å². The predicted octanol–water partition coefficient (Wildman–Crippen LogP) is 22.3. The van der Waals surface area contributed by atoms with E-state index in [1.807, 2.05) is 257 Å². The van der Waals surface area contributed by atoms with E-state index < -0.39 is 23.9 Å². The zero-order valence-corrected chi connectivity index (χ0v) is 74.4. The van der Waals surface area contributed by atoms with Crippen molar-refractivity contribution in [2.24, 2.45) is 0 Å². The van der Waals surface area contributed by atoms with Crippen molar-refractivity contribution < 1.29 is 76.2 Å². The maximum Gasteiger partial charge on any atom is 0.303 e. The lowest BCUT2D eigenvalue weighted by Gasteiger charge is -2.15. The third-order valence-corrected chi connectivity index (χ3v) is 21.5. The second-order valence-corrected chi connectivity index (χ2v) is 31.5. The van der Waals surface area contributed by atoms with Gasteiger partial charge in [0.15, 0.2) is 23.3 Å². The second-order valence-electron chi connectivity index (χ2n) is 31.5. The second kappa shape index (κ2) is 48.6. The fraction of sp³-hybridized carbons (Fsp3) is 0.269. The summed E-state index contributed by atoms with van der Waals surface area (Å²) < 4.78 is 54.1. The molecule has 0 saturated carbocycles. The molecule has 0 spiro atoms. The molecule has 6 aromatic carbocycles. The topological polar surface area (TPSA) is 362 Å². The van der Waals surface area contributed by atoms with Crippen LogP contribution in [0.5, 0.6) is 23.0 Å². The van der Waals surface area contributed by atoms with Crippen molar-refractivity contribution in [3.63, 3.8) is 0 Å². The van der Waals surface area contributed by atoms with Crippen molar-refractivity contribution in [3.05, 3.63) is 314 Å². The molecule has 28 nitrogen and oxygen atoms in total. The summed E-state index contributed by atoms with van der Waals surface area (Å²) >= 11 is 0. The molecule has 16 rings (SSSR count). The van der Waals surface area contributed by atoms with Crippen molar-refractivity contribution in [3.8, 4) is 114 Å². The lowest BCUT2D eigenvalue weighted by Crippen LogP contribution is -2.07. The van der Waals surface area contributed by atoms with Gasteiger partial charge in [0.2, 0.25) is 0 Å². The van der Waals surface area contributed by atoms with Crippen LogP contribution in [0.15, 0.2) is 286 Å². The smallest absolute Gasteiger partial charge is 0.303 e. The van der Waals surface area contributed by atoms with E-state index in [-0.39, 0.29) is 25.7 Å². The van der Waals surface area contributed by atoms with Gasteiger partial charge in [-0.05, 0) is 202 Å². The van der Waals surface area contributed by atoms with Gasteiger partial charge >= 0.3 is 23.9 Å². The number of benzene rings is 6. The molecular weight excluding hydrogens is 1670 g/mol. The van der Waals surface area contributed by atoms with Crippen LogP contribution in [0.4, 0.5) is 0 Å². The van der Waals surface area contributed by atoms with Crippen molar-refractivity contribution >= 4 is 23.9 Å². The van der Waals surface area contributed by atoms with Crippen molar-refractivity contribution in [2.45, 2.75) is 157 Å². The summed E-state index contributed by atoms with van der Waals surface area (Å²) in [5.74, 6) is 8.19. The molecule has 0 fully saturated rings. The zero-order valence-electron chi connectivity index (χ0n) is 74.4. The first-order valence-electron chi connectivity index (χ1n) is 44.3. The number of para-hydroxylation sites is 4. The van der Waals surface area contributed by atoms with E-state index in [1.54, 1.807) is 37.4 Å². The van der Waals surface area contributed by atoms with Crippen LogP contribution in [0.1, 0.15) is 148 Å². The van der Waals surface area contributed by atoms with E-state index in [2.05, 4.69) is 55.0 Å². The highest BCUT2D eigenvalue weighted by Gasteiger charge is 2.21. The van der Waals surface area contributed by atoms with Crippen molar-refractivity contribution in [1.82, 2.24) is 58.6 Å². The molecule has 4 N–H and O–H groups in total. The number of rotatable bonds is 44. The number of imidazole rings is 2. The van der Waals surface area contributed by atoms with Crippen LogP contribution in [-0.4, -0.2) is 129 Å². The van der Waals surface area contributed by atoms with Gasteiger partial charge in [-0.2, -0.15) is 5.10 Å². The molecule has 0 atom stereocenters. The molecule has 28 heteroatoms. The minimum absolute atomic E-state index is 0.202. The number of hydrogen-bond donors (Lipinski definition) is 4. The molecule has 132 heavy (non-hydrogen) atoms. The average molecular weight is 1780 g/mol. The summed E-state index contributed by atoms with van der Waals surface area (Å²) in [6.07, 6.45) is 24.2. The third kappa shape index (κ3) is 27.8. The van der Waals surface area contributed by atoms with Crippen molar-refractivity contribution in [2.75, 3.05) is 26.4 Å². The zero-order chi connectivity index (χ0) is 92.2. The highest BCUT2D eigenvalue weighted by atomic mass is 16.5. The highest BCUT2D eigenvalue weighted by molar-refractivity contribution is 5.70. The number of unbranched alkanes of at least 4 members (excludes halogenated alkanes) is 8. The Morgan fingerprint density at radius 2 is 0.689 bits per heavy atom. The van der Waals surface area contributed by atoms with E-state index >= 15 is 0 Å². The summed E-state index contributed by atoms with van der Waals surface area (Å²) in [4.78, 5) is 65.7. The summed E-state index contributed by atoms with van der Waals surface area (Å²) in [5.41, 5.74) is 13.5. The Labute approximate surface area is 765 Å². The van der Waals surface area contributed by atoms with E-state index in [0.717, 1.165) is 205 Å². The summed E-state index contributed by atoms with van der Waals surface area (Å²) in [6.45, 7) is 12.4. The predicted molar refractivity (Wildman–Crippen MR) is 500 cm³/mol. The maximum atomic E-state index is 10.6. The Morgan fingerprint density at radius 3 is 1.08 bits per heavy atom. The molecule has 680 valence electrons.